The summed E-state index contributed by atoms with van der Waals surface area (Å²) in [4.78, 5) is 0. The van der Waals surface area contributed by atoms with Crippen LogP contribution in [0.2, 0.25) is 10.0 Å². The molecule has 0 aliphatic rings. The first-order valence-corrected chi connectivity index (χ1v) is 7.13. The zero-order chi connectivity index (χ0) is 14.5. The molecule has 0 amide bonds. The highest BCUT2D eigenvalue weighted by Gasteiger charge is 2.11. The predicted molar refractivity (Wildman–Crippen MR) is 80.8 cm³/mol. The molecule has 2 aromatic carbocycles. The van der Waals surface area contributed by atoms with Crippen LogP contribution in [0.15, 0.2) is 42.5 Å². The first-order valence-electron chi connectivity index (χ1n) is 6.37. The topological polar surface area (TPSA) is 20.2 Å². The molecule has 20 heavy (non-hydrogen) atoms. The molecule has 106 valence electrons. The number of halogens is 3. The van der Waals surface area contributed by atoms with E-state index >= 15 is 0 Å². The van der Waals surface area contributed by atoms with E-state index in [-0.39, 0.29) is 17.5 Å². The highest BCUT2D eigenvalue weighted by atomic mass is 35.5. The lowest BCUT2D eigenvalue weighted by atomic mass is 9.93. The van der Waals surface area contributed by atoms with Crippen LogP contribution in [-0.2, 0) is 12.8 Å². The van der Waals surface area contributed by atoms with Crippen LogP contribution < -0.4 is 0 Å². The van der Waals surface area contributed by atoms with Gasteiger partial charge in [0.25, 0.3) is 0 Å². The zero-order valence-corrected chi connectivity index (χ0v) is 12.3. The maximum Gasteiger partial charge on any atom is 0.142 e. The van der Waals surface area contributed by atoms with Gasteiger partial charge in [-0.15, -0.1) is 0 Å². The molecular formula is C16H15Cl2FO. The summed E-state index contributed by atoms with van der Waals surface area (Å²) in [5.41, 5.74) is 1.93. The lowest BCUT2D eigenvalue weighted by molar-refractivity contribution is 0.225. The van der Waals surface area contributed by atoms with Gasteiger partial charge in [-0.2, -0.15) is 0 Å². The summed E-state index contributed by atoms with van der Waals surface area (Å²) in [6.07, 6.45) is 1.32. The molecule has 1 atom stereocenters. The lowest BCUT2D eigenvalue weighted by Gasteiger charge is -2.14. The molecular weight excluding hydrogens is 298 g/mol. The Labute approximate surface area is 128 Å². The fourth-order valence-electron chi connectivity index (χ4n) is 2.16. The van der Waals surface area contributed by atoms with Crippen molar-refractivity contribution in [2.24, 2.45) is 5.92 Å². The molecule has 1 unspecified atom stereocenters. The van der Waals surface area contributed by atoms with E-state index in [9.17, 15) is 9.50 Å². The molecule has 0 aliphatic carbocycles. The Bertz CT molecular complexity index is 569. The van der Waals surface area contributed by atoms with Gasteiger partial charge in [-0.1, -0.05) is 41.4 Å². The maximum absolute atomic E-state index is 13.4. The Kier molecular flexibility index (Phi) is 5.41. The lowest BCUT2D eigenvalue weighted by Crippen LogP contribution is -2.13. The van der Waals surface area contributed by atoms with Gasteiger partial charge in [0.05, 0.1) is 5.02 Å². The highest BCUT2D eigenvalue weighted by Crippen LogP contribution is 2.20. The standard InChI is InChI=1S/C16H15Cl2FO/c17-14-4-1-11(2-5-14)7-13(10-20)8-12-3-6-15(18)16(19)9-12/h1-6,9,13,20H,7-8,10H2. The van der Waals surface area contributed by atoms with E-state index in [1.165, 1.54) is 6.07 Å². The molecule has 4 heteroatoms. The predicted octanol–water partition coefficient (Wildman–Crippen LogP) is 4.53. The molecule has 0 saturated heterocycles. The normalized spacial score (nSPS) is 12.4. The third kappa shape index (κ3) is 4.20. The van der Waals surface area contributed by atoms with E-state index in [0.717, 1.165) is 17.5 Å². The van der Waals surface area contributed by atoms with Gasteiger partial charge in [-0.05, 0) is 54.2 Å². The average molecular weight is 313 g/mol. The minimum absolute atomic E-state index is 0.0387. The van der Waals surface area contributed by atoms with E-state index in [0.29, 0.717) is 11.4 Å². The molecule has 2 aromatic rings. The highest BCUT2D eigenvalue weighted by molar-refractivity contribution is 6.30. The summed E-state index contributed by atoms with van der Waals surface area (Å²) in [6.45, 7) is 0.0485. The van der Waals surface area contributed by atoms with Gasteiger partial charge >= 0.3 is 0 Å². The molecule has 0 fully saturated rings. The molecule has 1 N–H and O–H groups in total. The Hall–Kier alpha value is -1.09. The van der Waals surface area contributed by atoms with Gasteiger partial charge in [0, 0.05) is 11.6 Å². The molecule has 0 radical (unpaired) electrons. The monoisotopic (exact) mass is 312 g/mol. The third-order valence-electron chi connectivity index (χ3n) is 3.20. The molecule has 1 nitrogen and oxygen atoms in total. The molecule has 0 bridgehead atoms. The minimum atomic E-state index is -0.424. The van der Waals surface area contributed by atoms with Gasteiger partial charge in [-0.3, -0.25) is 0 Å². The second kappa shape index (κ2) is 7.07. The Morgan fingerprint density at radius 1 is 0.950 bits per heavy atom. The number of hydrogen-bond donors (Lipinski definition) is 1. The number of hydrogen-bond acceptors (Lipinski definition) is 1. The van der Waals surface area contributed by atoms with Crippen molar-refractivity contribution in [3.05, 3.63) is 69.5 Å². The van der Waals surface area contributed by atoms with Crippen LogP contribution in [0.1, 0.15) is 11.1 Å². The number of rotatable bonds is 5. The van der Waals surface area contributed by atoms with Crippen molar-refractivity contribution in [1.82, 2.24) is 0 Å². The summed E-state index contributed by atoms with van der Waals surface area (Å²) in [5.74, 6) is -0.385. The van der Waals surface area contributed by atoms with Crippen molar-refractivity contribution in [2.45, 2.75) is 12.8 Å². The summed E-state index contributed by atoms with van der Waals surface area (Å²) < 4.78 is 13.4. The fraction of sp³-hybridized carbons (Fsp3) is 0.250. The van der Waals surface area contributed by atoms with Gasteiger partial charge in [0.2, 0.25) is 0 Å². The molecule has 0 saturated carbocycles. The number of benzene rings is 2. The van der Waals surface area contributed by atoms with Crippen molar-refractivity contribution in [3.63, 3.8) is 0 Å². The van der Waals surface area contributed by atoms with Gasteiger partial charge in [-0.25, -0.2) is 4.39 Å². The molecule has 2 rings (SSSR count). The van der Waals surface area contributed by atoms with Crippen LogP contribution in [0, 0.1) is 11.7 Å². The first kappa shape index (κ1) is 15.3. The third-order valence-corrected chi connectivity index (χ3v) is 3.76. The van der Waals surface area contributed by atoms with Gasteiger partial charge in [0.15, 0.2) is 0 Å². The smallest absolute Gasteiger partial charge is 0.142 e. The molecule has 0 aromatic heterocycles. The quantitative estimate of drug-likeness (QED) is 0.860. The summed E-state index contributed by atoms with van der Waals surface area (Å²) >= 11 is 11.5. The molecule has 0 aliphatic heterocycles. The van der Waals surface area contributed by atoms with Crippen LogP contribution in [0.3, 0.4) is 0 Å². The summed E-state index contributed by atoms with van der Waals surface area (Å²) in [6, 6.07) is 12.3. The Morgan fingerprint density at radius 2 is 1.55 bits per heavy atom. The number of aliphatic hydroxyl groups excluding tert-OH is 1. The van der Waals surface area contributed by atoms with Crippen molar-refractivity contribution >= 4 is 23.2 Å². The number of aliphatic hydroxyl groups is 1. The first-order chi connectivity index (χ1) is 9.58. The van der Waals surface area contributed by atoms with Crippen molar-refractivity contribution in [2.75, 3.05) is 6.61 Å². The largest absolute Gasteiger partial charge is 0.396 e. The molecule has 0 spiro atoms. The van der Waals surface area contributed by atoms with E-state index < -0.39 is 5.82 Å². The summed E-state index contributed by atoms with van der Waals surface area (Å²) in [5, 5.41) is 10.3. The average Bonchev–Trinajstić information content (AvgIpc) is 2.44. The zero-order valence-electron chi connectivity index (χ0n) is 10.8. The van der Waals surface area contributed by atoms with E-state index in [1.54, 1.807) is 12.1 Å². The van der Waals surface area contributed by atoms with Crippen LogP contribution in [0.5, 0.6) is 0 Å². The van der Waals surface area contributed by atoms with Gasteiger partial charge < -0.3 is 5.11 Å². The van der Waals surface area contributed by atoms with Crippen LogP contribution in [0.4, 0.5) is 4.39 Å². The van der Waals surface area contributed by atoms with E-state index in [4.69, 9.17) is 23.2 Å². The molecule has 0 heterocycles. The summed E-state index contributed by atoms with van der Waals surface area (Å²) in [7, 11) is 0. The Morgan fingerprint density at radius 3 is 2.15 bits per heavy atom. The van der Waals surface area contributed by atoms with Crippen LogP contribution in [-0.4, -0.2) is 11.7 Å². The van der Waals surface area contributed by atoms with E-state index in [2.05, 4.69) is 0 Å². The second-order valence-electron chi connectivity index (χ2n) is 4.83. The van der Waals surface area contributed by atoms with Crippen LogP contribution >= 0.6 is 23.2 Å². The van der Waals surface area contributed by atoms with Gasteiger partial charge in [0.1, 0.15) is 5.82 Å². The fourth-order valence-corrected chi connectivity index (χ4v) is 2.40. The van der Waals surface area contributed by atoms with Crippen molar-refractivity contribution in [1.29, 1.82) is 0 Å². The minimum Gasteiger partial charge on any atom is -0.396 e. The van der Waals surface area contributed by atoms with Crippen molar-refractivity contribution in [3.8, 4) is 0 Å². The van der Waals surface area contributed by atoms with E-state index in [1.807, 2.05) is 24.3 Å². The Balaban J connectivity index is 2.04. The SMILES string of the molecule is OCC(Cc1ccc(Cl)cc1)Cc1ccc(Cl)c(F)c1. The van der Waals surface area contributed by atoms with Crippen LogP contribution in [0.25, 0.3) is 0 Å². The maximum atomic E-state index is 13.4. The second-order valence-corrected chi connectivity index (χ2v) is 5.68. The van der Waals surface area contributed by atoms with Crippen molar-refractivity contribution < 1.29 is 9.50 Å².